The molecule has 4 aromatic rings. The van der Waals surface area contributed by atoms with Crippen molar-refractivity contribution in [1.82, 2.24) is 4.90 Å². The second-order valence-corrected chi connectivity index (χ2v) is 18.6. The Hall–Kier alpha value is -5.45. The van der Waals surface area contributed by atoms with Gasteiger partial charge in [-0.15, -0.1) is 29.9 Å². The van der Waals surface area contributed by atoms with Gasteiger partial charge in [0.15, 0.2) is 0 Å². The number of non-ortho nitro benzene ring substituents is 1. The normalized spacial score (nSPS) is 22.0. The van der Waals surface area contributed by atoms with Gasteiger partial charge in [-0.05, 0) is 109 Å². The van der Waals surface area contributed by atoms with Crippen LogP contribution < -0.4 is 9.47 Å². The van der Waals surface area contributed by atoms with Crippen LogP contribution in [0.2, 0.25) is 0 Å². The number of ether oxygens (including phenoxy) is 4. The molecule has 6 atom stereocenters. The summed E-state index contributed by atoms with van der Waals surface area (Å²) >= 11 is 7.79. The van der Waals surface area contributed by atoms with E-state index in [1.807, 2.05) is 36.4 Å². The van der Waals surface area contributed by atoms with Crippen molar-refractivity contribution in [3.8, 4) is 11.5 Å². The van der Waals surface area contributed by atoms with Crippen molar-refractivity contribution < 1.29 is 48.1 Å². The molecule has 1 aliphatic heterocycles. The highest BCUT2D eigenvalue weighted by Gasteiger charge is 2.65. The molecular formula is C52H59ClFN3O10S. The number of benzene rings is 4. The number of rotatable bonds is 25. The number of unbranched alkanes of at least 4 members (excludes halogenated alkanes) is 2. The number of aliphatic hydroxyl groups excluding tert-OH is 2. The summed E-state index contributed by atoms with van der Waals surface area (Å²) in [5, 5.41) is 36.2. The van der Waals surface area contributed by atoms with Crippen LogP contribution in [-0.4, -0.2) is 88.3 Å². The van der Waals surface area contributed by atoms with Gasteiger partial charge in [-0.3, -0.25) is 15.0 Å². The molecule has 0 spiro atoms. The molecular weight excluding hydrogens is 913 g/mol. The van der Waals surface area contributed by atoms with Gasteiger partial charge in [-0.25, -0.2) is 9.18 Å². The maximum atomic E-state index is 14.6. The molecule has 0 radical (unpaired) electrons. The Morgan fingerprint density at radius 1 is 0.985 bits per heavy atom. The molecule has 68 heavy (non-hydrogen) atoms. The number of nitrogens with zero attached hydrogens (tertiary/aromatic N) is 3. The number of aliphatic hydroxyl groups is 2. The van der Waals surface area contributed by atoms with E-state index < -0.39 is 34.6 Å². The van der Waals surface area contributed by atoms with Crippen molar-refractivity contribution in [1.29, 1.82) is 0 Å². The Morgan fingerprint density at radius 2 is 1.72 bits per heavy atom. The Balaban J connectivity index is 1.39. The summed E-state index contributed by atoms with van der Waals surface area (Å²) < 4.78 is 41.0. The number of hydrogen-bond donors (Lipinski definition) is 2. The van der Waals surface area contributed by atoms with Gasteiger partial charge in [0.2, 0.25) is 5.79 Å². The standard InChI is InChI=1S/C52H59ClFN3O10S/c1-2-27-65-52-48(56(51(60)64-28-24-53)34-36-14-18-39(54)19-15-36)33-46(55-66-35-37-16-20-40(21-17-37)57(61)62)44-31-38(10-6-8-25-58)43(13-7-9-26-59)49(50(44)52)45-32-41(22-23-47(45)67-52)63-29-30-68-42-11-4-3-5-12-42/h2-5,11-12,14-23,31-32,38,43,48-50,58-59H,1,6-10,13,24-30,33-35H2/t38-,43+,48-,49+,50+,52+/m0/s1. The summed E-state index contributed by atoms with van der Waals surface area (Å²) in [5.74, 6) is -1.04. The number of carbonyl (C=O) groups excluding carboxylic acids is 1. The number of amides is 1. The zero-order chi connectivity index (χ0) is 47.9. The first-order valence-electron chi connectivity index (χ1n) is 23.2. The van der Waals surface area contributed by atoms with Crippen LogP contribution in [0.25, 0.3) is 0 Å². The smallest absolute Gasteiger partial charge is 0.410 e. The zero-order valence-electron chi connectivity index (χ0n) is 38.0. The van der Waals surface area contributed by atoms with E-state index in [4.69, 9.17) is 40.5 Å². The van der Waals surface area contributed by atoms with E-state index in [0.29, 0.717) is 47.8 Å². The lowest BCUT2D eigenvalue weighted by molar-refractivity contribution is -0.384. The number of oxime groups is 1. The molecule has 0 bridgehead atoms. The fourth-order valence-electron chi connectivity index (χ4n) is 9.77. The van der Waals surface area contributed by atoms with Crippen LogP contribution in [0.5, 0.6) is 11.5 Å². The average Bonchev–Trinajstić information content (AvgIpc) is 3.35. The summed E-state index contributed by atoms with van der Waals surface area (Å²) in [6.07, 6.45) is 7.44. The number of thioether (sulfide) groups is 1. The Morgan fingerprint density at radius 3 is 2.43 bits per heavy atom. The summed E-state index contributed by atoms with van der Waals surface area (Å²) in [5.41, 5.74) is 3.48. The van der Waals surface area contributed by atoms with Gasteiger partial charge < -0.3 is 34.0 Å². The summed E-state index contributed by atoms with van der Waals surface area (Å²) in [7, 11) is 0. The lowest BCUT2D eigenvalue weighted by Crippen LogP contribution is -2.70. The lowest BCUT2D eigenvalue weighted by Gasteiger charge is -2.59. The first-order valence-corrected chi connectivity index (χ1v) is 24.7. The van der Waals surface area contributed by atoms with E-state index >= 15 is 0 Å². The monoisotopic (exact) mass is 971 g/mol. The highest BCUT2D eigenvalue weighted by Crippen LogP contribution is 2.62. The molecule has 4 aromatic carbocycles. The fourth-order valence-corrected chi connectivity index (χ4v) is 10.6. The van der Waals surface area contributed by atoms with Gasteiger partial charge in [0.05, 0.1) is 35.6 Å². The number of alkyl halides is 1. The molecule has 1 heterocycles. The minimum absolute atomic E-state index is 0.00496. The van der Waals surface area contributed by atoms with Crippen LogP contribution in [-0.2, 0) is 27.5 Å². The molecule has 7 rings (SSSR count). The third kappa shape index (κ3) is 12.2. The molecule has 0 aromatic heterocycles. The molecule has 1 amide bonds. The SMILES string of the molecule is C=CCO[C@@]12Oc3ccc(OCCSc4ccccc4)cc3[C@H]3[C@H](CCCCO)[C@@H](CCCCO)C=C(C(=NOCc4ccc([N+](=O)[O-])cc4)C[C@@H]1N(Cc1ccc(F)cc1)C(=O)OCCCl)[C@H]32. The predicted molar refractivity (Wildman–Crippen MR) is 260 cm³/mol. The number of nitro groups is 1. The zero-order valence-corrected chi connectivity index (χ0v) is 39.5. The number of nitro benzene ring substituents is 1. The molecule has 13 nitrogen and oxygen atoms in total. The van der Waals surface area contributed by atoms with E-state index in [0.717, 1.165) is 47.5 Å². The quantitative estimate of drug-likeness (QED) is 0.0162. The molecule has 3 aliphatic rings. The number of carbonyl (C=O) groups is 1. The fraction of sp³-hybridized carbons (Fsp3) is 0.423. The number of allylic oxidation sites excluding steroid dienone is 1. The van der Waals surface area contributed by atoms with Crippen LogP contribution in [0.1, 0.15) is 67.6 Å². The summed E-state index contributed by atoms with van der Waals surface area (Å²) in [4.78, 5) is 34.4. The maximum absolute atomic E-state index is 14.6. The van der Waals surface area contributed by atoms with Gasteiger partial charge in [0.25, 0.3) is 5.69 Å². The van der Waals surface area contributed by atoms with Crippen LogP contribution in [0.3, 0.4) is 0 Å². The Bertz CT molecular complexity index is 2360. The molecule has 362 valence electrons. The third-order valence-electron chi connectivity index (χ3n) is 12.7. The third-order valence-corrected chi connectivity index (χ3v) is 13.9. The molecule has 0 saturated heterocycles. The molecule has 16 heteroatoms. The minimum atomic E-state index is -1.59. The highest BCUT2D eigenvalue weighted by atomic mass is 35.5. The van der Waals surface area contributed by atoms with Crippen LogP contribution in [0.15, 0.2) is 131 Å². The van der Waals surface area contributed by atoms with Gasteiger partial charge in [-0.2, -0.15) is 0 Å². The van der Waals surface area contributed by atoms with E-state index in [9.17, 15) is 29.5 Å². The van der Waals surface area contributed by atoms with E-state index in [2.05, 4.69) is 24.8 Å². The molecule has 1 saturated carbocycles. The number of hydrogen-bond acceptors (Lipinski definition) is 12. The summed E-state index contributed by atoms with van der Waals surface area (Å²) in [6.45, 7) is 4.48. The number of halogens is 2. The van der Waals surface area contributed by atoms with Gasteiger partial charge in [-0.1, -0.05) is 60.5 Å². The van der Waals surface area contributed by atoms with Crippen molar-refractivity contribution >= 4 is 40.9 Å². The van der Waals surface area contributed by atoms with Gasteiger partial charge >= 0.3 is 6.09 Å². The molecule has 2 N–H and O–H groups in total. The Kier molecular flexibility index (Phi) is 18.3. The number of fused-ring (bicyclic) bond motifs is 2. The van der Waals surface area contributed by atoms with Crippen LogP contribution >= 0.6 is 23.4 Å². The lowest BCUT2D eigenvalue weighted by atomic mass is 9.55. The van der Waals surface area contributed by atoms with Gasteiger partial charge in [0, 0.05) is 60.4 Å². The molecule has 2 aliphatic carbocycles. The first kappa shape index (κ1) is 50.4. The topological polar surface area (TPSA) is 162 Å². The summed E-state index contributed by atoms with van der Waals surface area (Å²) in [6, 6.07) is 27.0. The van der Waals surface area contributed by atoms with Crippen molar-refractivity contribution in [2.45, 2.75) is 80.7 Å². The van der Waals surface area contributed by atoms with Crippen molar-refractivity contribution in [2.24, 2.45) is 22.9 Å². The van der Waals surface area contributed by atoms with Crippen LogP contribution in [0, 0.1) is 33.7 Å². The predicted octanol–water partition coefficient (Wildman–Crippen LogP) is 10.6. The van der Waals surface area contributed by atoms with E-state index in [1.165, 1.54) is 24.3 Å². The molecule has 1 fully saturated rings. The van der Waals surface area contributed by atoms with Crippen molar-refractivity contribution in [2.75, 3.05) is 44.7 Å². The minimum Gasteiger partial charge on any atom is -0.493 e. The maximum Gasteiger partial charge on any atom is 0.410 e. The average molecular weight is 973 g/mol. The highest BCUT2D eigenvalue weighted by molar-refractivity contribution is 7.99. The van der Waals surface area contributed by atoms with Crippen molar-refractivity contribution in [3.63, 3.8) is 0 Å². The molecule has 0 unspecified atom stereocenters. The first-order chi connectivity index (χ1) is 33.2. The Labute approximate surface area is 406 Å². The van der Waals surface area contributed by atoms with Crippen LogP contribution in [0.4, 0.5) is 14.9 Å². The second kappa shape index (κ2) is 24.7. The van der Waals surface area contributed by atoms with Gasteiger partial charge in [0.1, 0.15) is 36.6 Å². The van der Waals surface area contributed by atoms with Crippen molar-refractivity contribution in [3.05, 3.63) is 154 Å². The van der Waals surface area contributed by atoms with E-state index in [1.54, 1.807) is 47.0 Å². The second-order valence-electron chi connectivity index (χ2n) is 17.0. The largest absolute Gasteiger partial charge is 0.493 e. The van der Waals surface area contributed by atoms with E-state index in [-0.39, 0.29) is 75.3 Å².